The lowest BCUT2D eigenvalue weighted by Crippen LogP contribution is -2.13. The van der Waals surface area contributed by atoms with E-state index >= 15 is 0 Å². The highest BCUT2D eigenvalue weighted by atomic mass is 32.2. The summed E-state index contributed by atoms with van der Waals surface area (Å²) in [6, 6.07) is 2.44. The number of hydrogen-bond donors (Lipinski definition) is 1. The lowest BCUT2D eigenvalue weighted by molar-refractivity contribution is 0.593. The minimum atomic E-state index is -3.73. The molecule has 3 nitrogen and oxygen atoms in total. The van der Waals surface area contributed by atoms with Crippen molar-refractivity contribution < 1.29 is 12.8 Å². The Bertz CT molecular complexity index is 416. The quantitative estimate of drug-likeness (QED) is 0.742. The second-order valence-corrected chi connectivity index (χ2v) is 4.48. The molecule has 1 aromatic carbocycles. The van der Waals surface area contributed by atoms with Crippen LogP contribution >= 0.6 is 0 Å². The van der Waals surface area contributed by atoms with Gasteiger partial charge in [0, 0.05) is 0 Å². The third kappa shape index (κ3) is 2.05. The van der Waals surface area contributed by atoms with E-state index in [0.717, 1.165) is 0 Å². The summed E-state index contributed by atoms with van der Waals surface area (Å²) in [5.41, 5.74) is 0.563. The molecule has 0 radical (unpaired) electrons. The molecular formula is C8H10FNO2S. The van der Waals surface area contributed by atoms with E-state index in [1.54, 1.807) is 0 Å². The highest BCUT2D eigenvalue weighted by molar-refractivity contribution is 7.89. The van der Waals surface area contributed by atoms with Crippen LogP contribution in [0.3, 0.4) is 0 Å². The monoisotopic (exact) mass is 203 g/mol. The van der Waals surface area contributed by atoms with Crippen molar-refractivity contribution in [3.8, 4) is 0 Å². The Balaban J connectivity index is 3.47. The summed E-state index contributed by atoms with van der Waals surface area (Å²) >= 11 is 0. The molecule has 1 aromatic rings. The van der Waals surface area contributed by atoms with Crippen LogP contribution in [0.4, 0.5) is 4.39 Å². The van der Waals surface area contributed by atoms with Crippen LogP contribution < -0.4 is 5.14 Å². The zero-order valence-corrected chi connectivity index (χ0v) is 8.15. The molecule has 5 heteroatoms. The van der Waals surface area contributed by atoms with Crippen molar-refractivity contribution in [3.63, 3.8) is 0 Å². The second-order valence-electron chi connectivity index (χ2n) is 2.92. The maximum Gasteiger partial charge on any atom is 0.238 e. The zero-order valence-electron chi connectivity index (χ0n) is 7.33. The lowest BCUT2D eigenvalue weighted by Gasteiger charge is -2.04. The molecule has 0 aliphatic rings. The van der Waals surface area contributed by atoms with Crippen LogP contribution in [0.25, 0.3) is 0 Å². The summed E-state index contributed by atoms with van der Waals surface area (Å²) < 4.78 is 34.9. The van der Waals surface area contributed by atoms with Crippen LogP contribution in [0.1, 0.15) is 11.1 Å². The Labute approximate surface area is 76.4 Å². The number of primary sulfonamides is 1. The van der Waals surface area contributed by atoms with E-state index in [1.807, 2.05) is 0 Å². The van der Waals surface area contributed by atoms with Crippen LogP contribution in [0.15, 0.2) is 17.0 Å². The highest BCUT2D eigenvalue weighted by Gasteiger charge is 2.11. The standard InChI is InChI=1S/C8H10FNO2S/c1-5-3-7(13(10,11)12)4-6(2)8(5)9/h3-4H,1-2H3,(H2,10,11,12). The molecule has 0 amide bonds. The van der Waals surface area contributed by atoms with Crippen molar-refractivity contribution in [2.75, 3.05) is 0 Å². The summed E-state index contributed by atoms with van der Waals surface area (Å²) in [5, 5.41) is 4.89. The first-order valence-corrected chi connectivity index (χ1v) is 5.16. The first kappa shape index (κ1) is 10.1. The van der Waals surface area contributed by atoms with Crippen molar-refractivity contribution >= 4 is 10.0 Å². The second kappa shape index (κ2) is 3.08. The van der Waals surface area contributed by atoms with E-state index in [0.29, 0.717) is 0 Å². The first-order chi connectivity index (χ1) is 5.82. The van der Waals surface area contributed by atoms with Gasteiger partial charge in [0.05, 0.1) is 4.90 Å². The number of sulfonamides is 1. The van der Waals surface area contributed by atoms with E-state index in [1.165, 1.54) is 26.0 Å². The Kier molecular flexibility index (Phi) is 2.40. The maximum atomic E-state index is 13.1. The number of nitrogens with two attached hydrogens (primary N) is 1. The van der Waals surface area contributed by atoms with Crippen molar-refractivity contribution in [3.05, 3.63) is 29.1 Å². The van der Waals surface area contributed by atoms with E-state index in [4.69, 9.17) is 5.14 Å². The van der Waals surface area contributed by atoms with Gasteiger partial charge in [-0.15, -0.1) is 0 Å². The molecule has 0 aliphatic heterocycles. The molecule has 72 valence electrons. The fourth-order valence-corrected chi connectivity index (χ4v) is 1.75. The molecule has 0 saturated carbocycles. The van der Waals surface area contributed by atoms with Crippen molar-refractivity contribution in [1.82, 2.24) is 0 Å². The minimum Gasteiger partial charge on any atom is -0.225 e. The number of rotatable bonds is 1. The number of hydrogen-bond acceptors (Lipinski definition) is 2. The molecule has 0 spiro atoms. The number of aryl methyl sites for hydroxylation is 2. The fourth-order valence-electron chi connectivity index (χ4n) is 1.07. The SMILES string of the molecule is Cc1cc(S(N)(=O)=O)cc(C)c1F. The molecule has 1 rings (SSSR count). The average Bonchev–Trinajstić information content (AvgIpc) is 1.97. The van der Waals surface area contributed by atoms with E-state index in [-0.39, 0.29) is 16.0 Å². The molecule has 0 heterocycles. The normalized spacial score (nSPS) is 11.7. The Hall–Kier alpha value is -0.940. The summed E-state index contributed by atoms with van der Waals surface area (Å²) in [6.45, 7) is 2.99. The predicted molar refractivity (Wildman–Crippen MR) is 47.2 cm³/mol. The van der Waals surface area contributed by atoms with E-state index in [2.05, 4.69) is 0 Å². The molecule has 0 aromatic heterocycles. The fraction of sp³-hybridized carbons (Fsp3) is 0.250. The molecule has 2 N–H and O–H groups in total. The van der Waals surface area contributed by atoms with Crippen LogP contribution in [0.5, 0.6) is 0 Å². The van der Waals surface area contributed by atoms with Gasteiger partial charge in [-0.2, -0.15) is 0 Å². The van der Waals surface area contributed by atoms with Gasteiger partial charge >= 0.3 is 0 Å². The topological polar surface area (TPSA) is 60.2 Å². The summed E-state index contributed by atoms with van der Waals surface area (Å²) in [4.78, 5) is -0.0519. The van der Waals surface area contributed by atoms with Crippen LogP contribution in [-0.4, -0.2) is 8.42 Å². The van der Waals surface area contributed by atoms with Crippen molar-refractivity contribution in [1.29, 1.82) is 0 Å². The Morgan fingerprint density at radius 1 is 1.23 bits per heavy atom. The van der Waals surface area contributed by atoms with E-state index < -0.39 is 15.8 Å². The zero-order chi connectivity index (χ0) is 10.2. The molecule has 0 saturated heterocycles. The van der Waals surface area contributed by atoms with Gasteiger partial charge in [0.25, 0.3) is 0 Å². The van der Waals surface area contributed by atoms with Gasteiger partial charge in [0.2, 0.25) is 10.0 Å². The van der Waals surface area contributed by atoms with Gasteiger partial charge in [-0.3, -0.25) is 0 Å². The molecule has 13 heavy (non-hydrogen) atoms. The first-order valence-electron chi connectivity index (χ1n) is 3.62. The minimum absolute atomic E-state index is 0.0519. The van der Waals surface area contributed by atoms with Crippen LogP contribution in [-0.2, 0) is 10.0 Å². The molecule has 0 unspecified atom stereocenters. The van der Waals surface area contributed by atoms with Crippen molar-refractivity contribution in [2.24, 2.45) is 5.14 Å². The van der Waals surface area contributed by atoms with Crippen LogP contribution in [0.2, 0.25) is 0 Å². The van der Waals surface area contributed by atoms with E-state index in [9.17, 15) is 12.8 Å². The van der Waals surface area contributed by atoms with Gasteiger partial charge in [-0.1, -0.05) is 0 Å². The third-order valence-electron chi connectivity index (χ3n) is 1.74. The number of benzene rings is 1. The average molecular weight is 203 g/mol. The van der Waals surface area contributed by atoms with Gasteiger partial charge in [0.1, 0.15) is 5.82 Å². The maximum absolute atomic E-state index is 13.1. The highest BCUT2D eigenvalue weighted by Crippen LogP contribution is 2.17. The largest absolute Gasteiger partial charge is 0.238 e. The summed E-state index contributed by atoms with van der Waals surface area (Å²) in [6.07, 6.45) is 0. The third-order valence-corrected chi connectivity index (χ3v) is 2.63. The smallest absolute Gasteiger partial charge is 0.225 e. The summed E-state index contributed by atoms with van der Waals surface area (Å²) in [7, 11) is -3.73. The van der Waals surface area contributed by atoms with Gasteiger partial charge in [0.15, 0.2) is 0 Å². The van der Waals surface area contributed by atoms with Crippen molar-refractivity contribution in [2.45, 2.75) is 18.7 Å². The molecule has 0 aliphatic carbocycles. The number of halogens is 1. The Morgan fingerprint density at radius 3 is 1.92 bits per heavy atom. The lowest BCUT2D eigenvalue weighted by atomic mass is 10.1. The molecule has 0 atom stereocenters. The molecule has 0 bridgehead atoms. The Morgan fingerprint density at radius 2 is 1.62 bits per heavy atom. The van der Waals surface area contributed by atoms with Crippen LogP contribution in [0, 0.1) is 19.7 Å². The van der Waals surface area contributed by atoms with Gasteiger partial charge in [-0.05, 0) is 37.1 Å². The molecule has 0 fully saturated rings. The summed E-state index contributed by atoms with van der Waals surface area (Å²) in [5.74, 6) is -0.396. The predicted octanol–water partition coefficient (Wildman–Crippen LogP) is 1.09. The molecular weight excluding hydrogens is 193 g/mol. The van der Waals surface area contributed by atoms with Gasteiger partial charge < -0.3 is 0 Å². The van der Waals surface area contributed by atoms with Gasteiger partial charge in [-0.25, -0.2) is 17.9 Å².